The molecule has 5 nitrogen and oxygen atoms in total. The van der Waals surface area contributed by atoms with Gasteiger partial charge in [-0.1, -0.05) is 44.7 Å². The summed E-state index contributed by atoms with van der Waals surface area (Å²) in [4.78, 5) is 15.3. The number of amidine groups is 1. The molecule has 120 valence electrons. The Labute approximate surface area is 127 Å². The van der Waals surface area contributed by atoms with Crippen LogP contribution in [0, 0.1) is 11.3 Å². The monoisotopic (exact) mass is 295 g/mol. The lowest BCUT2D eigenvalue weighted by molar-refractivity contribution is -0.140. The van der Waals surface area contributed by atoms with E-state index < -0.39 is 5.41 Å². The summed E-state index contributed by atoms with van der Waals surface area (Å²) in [5.41, 5.74) is 5.22. The average molecular weight is 295 g/mol. The summed E-state index contributed by atoms with van der Waals surface area (Å²) in [6.07, 6.45) is 7.75. The van der Waals surface area contributed by atoms with Gasteiger partial charge in [-0.05, 0) is 31.6 Å². The van der Waals surface area contributed by atoms with Gasteiger partial charge in [0.05, 0.1) is 0 Å². The second-order valence-electron chi connectivity index (χ2n) is 6.93. The van der Waals surface area contributed by atoms with Gasteiger partial charge in [-0.25, -0.2) is 0 Å². The normalized spacial score (nSPS) is 26.9. The Hall–Kier alpha value is -1.26. The molecule has 0 bridgehead atoms. The number of oxime groups is 1. The molecule has 1 saturated heterocycles. The van der Waals surface area contributed by atoms with E-state index in [4.69, 9.17) is 5.73 Å². The number of carbonyl (C=O) groups is 1. The SMILES string of the molecule is CC(C)C1CCCN1C(=O)C1(C(N)=NO)CCCCCC1. The standard InChI is InChI=1S/C16H29N3O2/c1-12(2)13-8-7-11-19(13)15(20)16(14(17)18-21)9-5-3-4-6-10-16/h12-13,21H,3-11H2,1-2H3,(H2,17,18). The van der Waals surface area contributed by atoms with Gasteiger partial charge in [-0.2, -0.15) is 0 Å². The fourth-order valence-corrected chi connectivity index (χ4v) is 4.02. The summed E-state index contributed by atoms with van der Waals surface area (Å²) in [5, 5.41) is 12.4. The Morgan fingerprint density at radius 3 is 2.38 bits per heavy atom. The van der Waals surface area contributed by atoms with E-state index in [0.29, 0.717) is 24.8 Å². The zero-order chi connectivity index (χ0) is 15.5. The minimum absolute atomic E-state index is 0.0934. The first-order chi connectivity index (χ1) is 10.0. The molecule has 1 amide bonds. The Bertz CT molecular complexity index is 398. The number of nitrogens with zero attached hydrogens (tertiary/aromatic N) is 2. The number of amides is 1. The van der Waals surface area contributed by atoms with Gasteiger partial charge in [-0.15, -0.1) is 0 Å². The quantitative estimate of drug-likeness (QED) is 0.276. The Morgan fingerprint density at radius 2 is 1.86 bits per heavy atom. The van der Waals surface area contributed by atoms with Crippen LogP contribution in [0.15, 0.2) is 5.16 Å². The fourth-order valence-electron chi connectivity index (χ4n) is 4.02. The van der Waals surface area contributed by atoms with E-state index in [0.717, 1.165) is 45.1 Å². The summed E-state index contributed by atoms with van der Waals surface area (Å²) >= 11 is 0. The van der Waals surface area contributed by atoms with Crippen LogP contribution in [0.3, 0.4) is 0 Å². The van der Waals surface area contributed by atoms with Crippen LogP contribution in [0.25, 0.3) is 0 Å². The van der Waals surface area contributed by atoms with Crippen LogP contribution in [0.4, 0.5) is 0 Å². The van der Waals surface area contributed by atoms with E-state index in [9.17, 15) is 10.0 Å². The number of hydrogen-bond acceptors (Lipinski definition) is 3. The van der Waals surface area contributed by atoms with Crippen LogP contribution in [0.2, 0.25) is 0 Å². The first-order valence-electron chi connectivity index (χ1n) is 8.32. The van der Waals surface area contributed by atoms with Crippen LogP contribution in [-0.2, 0) is 4.79 Å². The van der Waals surface area contributed by atoms with E-state index >= 15 is 0 Å². The average Bonchev–Trinajstić information content (AvgIpc) is 2.84. The summed E-state index contributed by atoms with van der Waals surface area (Å²) < 4.78 is 0. The molecule has 0 aromatic rings. The second kappa shape index (κ2) is 6.67. The smallest absolute Gasteiger partial charge is 0.236 e. The van der Waals surface area contributed by atoms with Crippen LogP contribution in [-0.4, -0.2) is 34.4 Å². The lowest BCUT2D eigenvalue weighted by Gasteiger charge is -2.37. The molecule has 0 aromatic heterocycles. The van der Waals surface area contributed by atoms with Crippen LogP contribution in [0.1, 0.15) is 65.2 Å². The molecule has 5 heteroatoms. The van der Waals surface area contributed by atoms with Crippen molar-refractivity contribution < 1.29 is 10.0 Å². The van der Waals surface area contributed by atoms with E-state index in [-0.39, 0.29) is 11.7 Å². The highest BCUT2D eigenvalue weighted by molar-refractivity contribution is 6.06. The van der Waals surface area contributed by atoms with Crippen molar-refractivity contribution in [2.24, 2.45) is 22.2 Å². The first kappa shape index (κ1) is 16.1. The molecule has 2 fully saturated rings. The molecular weight excluding hydrogens is 266 g/mol. The number of hydrogen-bond donors (Lipinski definition) is 2. The minimum Gasteiger partial charge on any atom is -0.409 e. The van der Waals surface area contributed by atoms with Gasteiger partial charge in [0, 0.05) is 12.6 Å². The van der Waals surface area contributed by atoms with Gasteiger partial charge in [0.1, 0.15) is 5.41 Å². The summed E-state index contributed by atoms with van der Waals surface area (Å²) in [7, 11) is 0. The molecule has 3 N–H and O–H groups in total. The third kappa shape index (κ3) is 3.01. The molecule has 1 heterocycles. The highest BCUT2D eigenvalue weighted by Crippen LogP contribution is 2.39. The molecule has 1 saturated carbocycles. The molecular formula is C16H29N3O2. The summed E-state index contributed by atoms with van der Waals surface area (Å²) in [6.45, 7) is 5.14. The van der Waals surface area contributed by atoms with Crippen molar-refractivity contribution in [2.45, 2.75) is 71.3 Å². The lowest BCUT2D eigenvalue weighted by atomic mass is 9.77. The molecule has 2 rings (SSSR count). The number of likely N-dealkylation sites (tertiary alicyclic amines) is 1. The lowest BCUT2D eigenvalue weighted by Crippen LogP contribution is -2.53. The zero-order valence-electron chi connectivity index (χ0n) is 13.3. The van der Waals surface area contributed by atoms with Crippen molar-refractivity contribution >= 4 is 11.7 Å². The van der Waals surface area contributed by atoms with E-state index in [2.05, 4.69) is 19.0 Å². The predicted molar refractivity (Wildman–Crippen MR) is 83.1 cm³/mol. The molecule has 21 heavy (non-hydrogen) atoms. The topological polar surface area (TPSA) is 78.9 Å². The van der Waals surface area contributed by atoms with Gasteiger partial charge in [0.15, 0.2) is 5.84 Å². The van der Waals surface area contributed by atoms with E-state index in [1.54, 1.807) is 0 Å². The molecule has 1 unspecified atom stereocenters. The van der Waals surface area contributed by atoms with Crippen molar-refractivity contribution in [3.05, 3.63) is 0 Å². The molecule has 0 aromatic carbocycles. The number of rotatable bonds is 3. The van der Waals surface area contributed by atoms with Crippen molar-refractivity contribution in [2.75, 3.05) is 6.54 Å². The van der Waals surface area contributed by atoms with Crippen molar-refractivity contribution in [1.82, 2.24) is 4.90 Å². The maximum Gasteiger partial charge on any atom is 0.236 e. The van der Waals surface area contributed by atoms with Gasteiger partial charge in [0.2, 0.25) is 5.91 Å². The molecule has 2 aliphatic rings. The number of nitrogens with two attached hydrogens (primary N) is 1. The Kier molecular flexibility index (Phi) is 5.12. The van der Waals surface area contributed by atoms with Crippen molar-refractivity contribution in [3.8, 4) is 0 Å². The fraction of sp³-hybridized carbons (Fsp3) is 0.875. The Morgan fingerprint density at radius 1 is 1.24 bits per heavy atom. The predicted octanol–water partition coefficient (Wildman–Crippen LogP) is 2.72. The summed E-state index contributed by atoms with van der Waals surface area (Å²) in [5.74, 6) is 0.659. The molecule has 1 aliphatic heterocycles. The van der Waals surface area contributed by atoms with Crippen molar-refractivity contribution in [1.29, 1.82) is 0 Å². The highest BCUT2D eigenvalue weighted by atomic mass is 16.4. The van der Waals surface area contributed by atoms with Crippen LogP contribution < -0.4 is 5.73 Å². The van der Waals surface area contributed by atoms with E-state index in [1.165, 1.54) is 0 Å². The van der Waals surface area contributed by atoms with E-state index in [1.807, 2.05) is 4.90 Å². The third-order valence-corrected chi connectivity index (χ3v) is 5.29. The largest absolute Gasteiger partial charge is 0.409 e. The van der Waals surface area contributed by atoms with Gasteiger partial charge < -0.3 is 15.8 Å². The molecule has 1 atom stereocenters. The maximum atomic E-state index is 13.2. The molecule has 0 spiro atoms. The second-order valence-corrected chi connectivity index (χ2v) is 6.93. The third-order valence-electron chi connectivity index (χ3n) is 5.29. The van der Waals surface area contributed by atoms with Gasteiger partial charge in [-0.3, -0.25) is 4.79 Å². The van der Waals surface area contributed by atoms with Crippen LogP contribution in [0.5, 0.6) is 0 Å². The molecule has 0 radical (unpaired) electrons. The maximum absolute atomic E-state index is 13.2. The summed E-state index contributed by atoms with van der Waals surface area (Å²) in [6, 6.07) is 0.295. The van der Waals surface area contributed by atoms with Gasteiger partial charge >= 0.3 is 0 Å². The number of carbonyl (C=O) groups excluding carboxylic acids is 1. The van der Waals surface area contributed by atoms with Gasteiger partial charge in [0.25, 0.3) is 0 Å². The van der Waals surface area contributed by atoms with Crippen molar-refractivity contribution in [3.63, 3.8) is 0 Å². The highest BCUT2D eigenvalue weighted by Gasteiger charge is 2.47. The van der Waals surface area contributed by atoms with Crippen LogP contribution >= 0.6 is 0 Å². The minimum atomic E-state index is -0.775. The Balaban J connectivity index is 2.30. The molecule has 1 aliphatic carbocycles. The first-order valence-corrected chi connectivity index (χ1v) is 8.32. The zero-order valence-corrected chi connectivity index (χ0v) is 13.3.